The highest BCUT2D eigenvalue weighted by Crippen LogP contribution is 2.55. The van der Waals surface area contributed by atoms with Crippen LogP contribution in [0.4, 0.5) is 0 Å². The molecule has 0 aromatic carbocycles. The van der Waals surface area contributed by atoms with Crippen LogP contribution in [0.5, 0.6) is 0 Å². The molecule has 6 heteroatoms. The van der Waals surface area contributed by atoms with E-state index >= 15 is 0 Å². The lowest BCUT2D eigenvalue weighted by molar-refractivity contribution is 0.445. The maximum absolute atomic E-state index is 6.84. The molecule has 3 rings (SSSR count). The van der Waals surface area contributed by atoms with Gasteiger partial charge in [-0.25, -0.2) is 0 Å². The van der Waals surface area contributed by atoms with Crippen LogP contribution in [-0.4, -0.2) is 20.1 Å². The predicted molar refractivity (Wildman–Crippen MR) is 101 cm³/mol. The van der Waals surface area contributed by atoms with E-state index in [1.54, 1.807) is 10.3 Å². The van der Waals surface area contributed by atoms with Crippen LogP contribution in [0.1, 0.15) is 44.9 Å². The second-order valence-corrected chi connectivity index (χ2v) is 24.2. The lowest BCUT2D eigenvalue weighted by atomic mass is 9.24. The van der Waals surface area contributed by atoms with Gasteiger partial charge < -0.3 is 0 Å². The van der Waals surface area contributed by atoms with Crippen LogP contribution >= 0.6 is 37.5 Å². The maximum Gasteiger partial charge on any atom is 0.273 e. The Morgan fingerprint density at radius 3 is 2.05 bits per heavy atom. The molecule has 3 aliphatic rings. The Balaban J connectivity index is 2.02. The average Bonchev–Trinajstić information content (AvgIpc) is 2.63. The smallest absolute Gasteiger partial charge is 0.140 e. The summed E-state index contributed by atoms with van der Waals surface area (Å²) >= 11 is 17.7. The second kappa shape index (κ2) is 5.74. The summed E-state index contributed by atoms with van der Waals surface area (Å²) in [7, 11) is 0. The van der Waals surface area contributed by atoms with E-state index < -0.39 is 13.4 Å². The van der Waals surface area contributed by atoms with Gasteiger partial charge in [0.1, 0.15) is 6.69 Å². The van der Waals surface area contributed by atoms with Crippen LogP contribution < -0.4 is 0 Å². The Kier molecular flexibility index (Phi) is 4.64. The third kappa shape index (κ3) is 2.89. The molecule has 2 fully saturated rings. The Morgan fingerprint density at radius 1 is 1.10 bits per heavy atom. The molecule has 3 aliphatic heterocycles. The molecule has 20 heavy (non-hydrogen) atoms. The van der Waals surface area contributed by atoms with Crippen LogP contribution in [0.25, 0.3) is 0 Å². The molecule has 0 amide bonds. The highest BCUT2D eigenvalue weighted by molar-refractivity contribution is 9.26. The van der Waals surface area contributed by atoms with E-state index in [0.717, 1.165) is 24.4 Å². The zero-order valence-corrected chi connectivity index (χ0v) is 17.6. The Morgan fingerprint density at radius 2 is 1.60 bits per heavy atom. The molecule has 0 aromatic rings. The van der Waals surface area contributed by atoms with Crippen molar-refractivity contribution in [3.63, 3.8) is 0 Å². The zero-order valence-electron chi connectivity index (χ0n) is 12.5. The standard InChI is InChI=1S/C14H24BBrCl2Si2/c1-19(2,16)14-13(9-10-20(14,17)18)15-11-5-3-6-12(15)8-4-7-11/h11-12H,3-10H2,1-2H3. The molecule has 3 heterocycles. The van der Waals surface area contributed by atoms with Crippen molar-refractivity contribution >= 4 is 57.5 Å². The number of allylic oxidation sites excluding steroid dienone is 1. The SMILES string of the molecule is C[Si](C)(Br)C1=C(B2C3CCCC2CCC3)CC[Si]1(Cl)Cl. The van der Waals surface area contributed by atoms with Crippen molar-refractivity contribution in [2.45, 2.75) is 75.7 Å². The van der Waals surface area contributed by atoms with E-state index in [1.807, 2.05) is 0 Å². The first-order valence-electron chi connectivity index (χ1n) is 8.11. The van der Waals surface area contributed by atoms with Crippen LogP contribution in [0.2, 0.25) is 30.8 Å². The normalized spacial score (nSPS) is 33.8. The molecule has 0 atom stereocenters. The summed E-state index contributed by atoms with van der Waals surface area (Å²) in [5.74, 6) is 1.88. The minimum Gasteiger partial charge on any atom is -0.140 e. The third-order valence-corrected chi connectivity index (χ3v) is 17.8. The number of hydrogen-bond acceptors (Lipinski definition) is 0. The Hall–Kier alpha value is 1.30. The third-order valence-electron chi connectivity index (χ3n) is 5.71. The van der Waals surface area contributed by atoms with Gasteiger partial charge in [-0.2, -0.15) is 0 Å². The number of rotatable bonds is 2. The van der Waals surface area contributed by atoms with Crippen LogP contribution in [0.3, 0.4) is 0 Å². The summed E-state index contributed by atoms with van der Waals surface area (Å²) < 4.78 is 0. The topological polar surface area (TPSA) is 0 Å². The van der Waals surface area contributed by atoms with Gasteiger partial charge in [-0.1, -0.05) is 68.1 Å². The molecule has 2 bridgehead atoms. The molecule has 0 N–H and O–H groups in total. The highest BCUT2D eigenvalue weighted by Gasteiger charge is 2.52. The van der Waals surface area contributed by atoms with Crippen molar-refractivity contribution < 1.29 is 0 Å². The fourth-order valence-corrected chi connectivity index (χ4v) is 23.1. The molecule has 0 nitrogen and oxygen atoms in total. The van der Waals surface area contributed by atoms with Gasteiger partial charge in [0.2, 0.25) is 0 Å². The molecule has 0 aliphatic carbocycles. The number of halogens is 3. The average molecular weight is 410 g/mol. The summed E-state index contributed by atoms with van der Waals surface area (Å²) in [4.78, 5) is 1.57. The van der Waals surface area contributed by atoms with Gasteiger partial charge in [-0.3, -0.25) is 0 Å². The Labute approximate surface area is 143 Å². The molecule has 0 spiro atoms. The van der Waals surface area contributed by atoms with E-state index in [2.05, 4.69) is 28.4 Å². The van der Waals surface area contributed by atoms with Gasteiger partial charge in [0.15, 0.2) is 6.71 Å². The van der Waals surface area contributed by atoms with Crippen molar-refractivity contribution in [3.05, 3.63) is 10.3 Å². The Bertz CT molecular complexity index is 411. The van der Waals surface area contributed by atoms with E-state index in [4.69, 9.17) is 22.2 Å². The van der Waals surface area contributed by atoms with Gasteiger partial charge in [-0.05, 0) is 12.5 Å². The molecule has 0 saturated carbocycles. The number of fused-ring (bicyclic) bond motifs is 2. The summed E-state index contributed by atoms with van der Waals surface area (Å²) in [6, 6.07) is 1.07. The molecule has 0 unspecified atom stereocenters. The minimum atomic E-state index is -2.16. The molecule has 112 valence electrons. The summed E-state index contributed by atoms with van der Waals surface area (Å²) in [5, 5.41) is 0. The van der Waals surface area contributed by atoms with Gasteiger partial charge in [0.25, 0.3) is 6.69 Å². The van der Waals surface area contributed by atoms with Crippen molar-refractivity contribution in [3.8, 4) is 0 Å². The molecule has 0 radical (unpaired) electrons. The lowest BCUT2D eigenvalue weighted by Gasteiger charge is -2.42. The van der Waals surface area contributed by atoms with Gasteiger partial charge in [0.05, 0.1) is 0 Å². The van der Waals surface area contributed by atoms with Crippen molar-refractivity contribution in [2.75, 3.05) is 0 Å². The predicted octanol–water partition coefficient (Wildman–Crippen LogP) is 6.43. The maximum atomic E-state index is 6.84. The number of hydrogen-bond donors (Lipinski definition) is 0. The fourth-order valence-electron chi connectivity index (χ4n) is 5.17. The quantitative estimate of drug-likeness (QED) is 0.364. The first-order valence-corrected chi connectivity index (χ1v) is 17.6. The van der Waals surface area contributed by atoms with Crippen LogP contribution in [-0.2, 0) is 0 Å². The summed E-state index contributed by atoms with van der Waals surface area (Å²) in [6.07, 6.45) is 9.89. The molecular formula is C14H24BBrCl2Si2. The molecule has 0 aromatic heterocycles. The van der Waals surface area contributed by atoms with E-state index in [0.29, 0.717) is 0 Å². The first kappa shape index (κ1) is 16.2. The van der Waals surface area contributed by atoms with Crippen molar-refractivity contribution in [1.82, 2.24) is 0 Å². The van der Waals surface area contributed by atoms with Crippen LogP contribution in [0, 0.1) is 0 Å². The van der Waals surface area contributed by atoms with Crippen molar-refractivity contribution in [1.29, 1.82) is 0 Å². The highest BCUT2D eigenvalue weighted by atomic mass is 79.9. The second-order valence-electron chi connectivity index (χ2n) is 7.48. The van der Waals surface area contributed by atoms with E-state index in [-0.39, 0.29) is 0 Å². The van der Waals surface area contributed by atoms with Gasteiger partial charge in [0, 0.05) is 0 Å². The zero-order chi connectivity index (χ0) is 14.5. The summed E-state index contributed by atoms with van der Waals surface area (Å²) in [6.45, 7) is 1.86. The molecule has 2 saturated heterocycles. The monoisotopic (exact) mass is 408 g/mol. The lowest BCUT2D eigenvalue weighted by Crippen LogP contribution is -2.41. The molecular weight excluding hydrogens is 386 g/mol. The van der Waals surface area contributed by atoms with Crippen LogP contribution in [0.15, 0.2) is 10.3 Å². The van der Waals surface area contributed by atoms with E-state index in [1.165, 1.54) is 44.9 Å². The van der Waals surface area contributed by atoms with Gasteiger partial charge in [-0.15, -0.1) is 42.9 Å². The first-order chi connectivity index (χ1) is 9.31. The largest absolute Gasteiger partial charge is 0.273 e. The minimum absolute atomic E-state index is 0.837. The van der Waals surface area contributed by atoms with Gasteiger partial charge >= 0.3 is 0 Å². The fraction of sp³-hybridized carbons (Fsp3) is 0.857. The van der Waals surface area contributed by atoms with E-state index in [9.17, 15) is 0 Å². The summed E-state index contributed by atoms with van der Waals surface area (Å²) in [5.41, 5.74) is 1.74. The van der Waals surface area contributed by atoms with Crippen molar-refractivity contribution in [2.24, 2.45) is 0 Å².